The molecule has 0 saturated carbocycles. The summed E-state index contributed by atoms with van der Waals surface area (Å²) >= 11 is 1.10. The number of rotatable bonds is 4. The van der Waals surface area contributed by atoms with E-state index in [1.54, 1.807) is 6.34 Å². The van der Waals surface area contributed by atoms with Crippen LogP contribution in [0.2, 0.25) is 0 Å². The minimum atomic E-state index is -0.604. The second kappa shape index (κ2) is 5.97. The summed E-state index contributed by atoms with van der Waals surface area (Å²) in [6, 6.07) is 2.74. The van der Waals surface area contributed by atoms with E-state index in [0.29, 0.717) is 24.2 Å². The zero-order chi connectivity index (χ0) is 14.7. The van der Waals surface area contributed by atoms with Crippen LogP contribution in [0.4, 0.5) is 11.0 Å². The molecule has 0 atom stereocenters. The summed E-state index contributed by atoms with van der Waals surface area (Å²) in [6.45, 7) is 2.95. The molecule has 0 aliphatic carbocycles. The van der Waals surface area contributed by atoms with Crippen molar-refractivity contribution in [2.24, 2.45) is 4.99 Å². The van der Waals surface area contributed by atoms with Crippen LogP contribution in [-0.4, -0.2) is 51.8 Å². The molecule has 10 heteroatoms. The number of aromatic nitrogens is 2. The van der Waals surface area contributed by atoms with Crippen LogP contribution < -0.4 is 0 Å². The summed E-state index contributed by atoms with van der Waals surface area (Å²) in [5.74, 6) is 0.214. The van der Waals surface area contributed by atoms with Gasteiger partial charge in [0.15, 0.2) is 5.76 Å². The van der Waals surface area contributed by atoms with Gasteiger partial charge in [-0.1, -0.05) is 0 Å². The molecule has 1 aliphatic rings. The largest absolute Gasteiger partial charge is 0.433 e. The SMILES string of the molecule is O=[N+]([O-])c1ccc(-c2nsc(N=CN3CCOCC3)n2)o1. The van der Waals surface area contributed by atoms with Gasteiger partial charge in [0.05, 0.1) is 25.6 Å². The number of ether oxygens (including phenoxy) is 1. The molecule has 2 aromatic rings. The first-order valence-corrected chi connectivity index (χ1v) is 6.94. The van der Waals surface area contributed by atoms with Gasteiger partial charge in [0, 0.05) is 24.6 Å². The summed E-state index contributed by atoms with van der Waals surface area (Å²) in [7, 11) is 0. The third kappa shape index (κ3) is 3.23. The molecule has 110 valence electrons. The van der Waals surface area contributed by atoms with Crippen molar-refractivity contribution in [2.45, 2.75) is 0 Å². The molecule has 0 aromatic carbocycles. The van der Waals surface area contributed by atoms with Gasteiger partial charge >= 0.3 is 5.88 Å². The van der Waals surface area contributed by atoms with Crippen LogP contribution in [0.3, 0.4) is 0 Å². The molecule has 0 spiro atoms. The van der Waals surface area contributed by atoms with Crippen LogP contribution in [0.15, 0.2) is 21.5 Å². The lowest BCUT2D eigenvalue weighted by molar-refractivity contribution is -0.401. The Balaban J connectivity index is 1.70. The molecule has 0 N–H and O–H groups in total. The Hall–Kier alpha value is -2.33. The Labute approximate surface area is 123 Å². The van der Waals surface area contributed by atoms with Gasteiger partial charge in [-0.3, -0.25) is 10.1 Å². The van der Waals surface area contributed by atoms with Crippen molar-refractivity contribution in [2.75, 3.05) is 26.3 Å². The normalized spacial score (nSPS) is 15.7. The molecule has 1 aliphatic heterocycles. The highest BCUT2D eigenvalue weighted by Gasteiger charge is 2.16. The highest BCUT2D eigenvalue weighted by molar-refractivity contribution is 7.09. The van der Waals surface area contributed by atoms with Crippen LogP contribution in [0.25, 0.3) is 11.6 Å². The lowest BCUT2D eigenvalue weighted by Crippen LogP contribution is -2.34. The predicted molar refractivity (Wildman–Crippen MR) is 74.8 cm³/mol. The zero-order valence-electron chi connectivity index (χ0n) is 10.8. The molecule has 0 amide bonds. The van der Waals surface area contributed by atoms with Gasteiger partial charge in [0.1, 0.15) is 4.92 Å². The lowest BCUT2D eigenvalue weighted by Gasteiger charge is -2.23. The van der Waals surface area contributed by atoms with E-state index in [0.717, 1.165) is 24.6 Å². The second-order valence-corrected chi connectivity index (χ2v) is 4.92. The first-order valence-electron chi connectivity index (χ1n) is 6.17. The summed E-state index contributed by atoms with van der Waals surface area (Å²) in [5.41, 5.74) is 0. The Bertz CT molecular complexity index is 661. The number of hydrogen-bond acceptors (Lipinski definition) is 8. The van der Waals surface area contributed by atoms with Gasteiger partial charge in [-0.2, -0.15) is 9.36 Å². The van der Waals surface area contributed by atoms with Crippen molar-refractivity contribution in [1.82, 2.24) is 14.3 Å². The van der Waals surface area contributed by atoms with Gasteiger partial charge in [-0.05, 0) is 6.07 Å². The Morgan fingerprint density at radius 2 is 2.24 bits per heavy atom. The lowest BCUT2D eigenvalue weighted by atomic mass is 10.4. The molecular weight excluding hydrogens is 298 g/mol. The fourth-order valence-electron chi connectivity index (χ4n) is 1.74. The van der Waals surface area contributed by atoms with E-state index in [1.165, 1.54) is 12.1 Å². The molecule has 0 bridgehead atoms. The average molecular weight is 309 g/mol. The first-order chi connectivity index (χ1) is 10.2. The average Bonchev–Trinajstić information content (AvgIpc) is 3.15. The van der Waals surface area contributed by atoms with E-state index in [4.69, 9.17) is 9.15 Å². The maximum atomic E-state index is 10.6. The number of furan rings is 1. The molecule has 9 nitrogen and oxygen atoms in total. The summed E-state index contributed by atoms with van der Waals surface area (Å²) in [5, 5.41) is 11.0. The van der Waals surface area contributed by atoms with Gasteiger partial charge in [0.25, 0.3) is 0 Å². The monoisotopic (exact) mass is 309 g/mol. The highest BCUT2D eigenvalue weighted by Crippen LogP contribution is 2.27. The van der Waals surface area contributed by atoms with Crippen molar-refractivity contribution in [1.29, 1.82) is 0 Å². The van der Waals surface area contributed by atoms with E-state index in [1.807, 2.05) is 4.90 Å². The third-order valence-electron chi connectivity index (χ3n) is 2.78. The van der Waals surface area contributed by atoms with Crippen molar-refractivity contribution in [3.8, 4) is 11.6 Å². The fourth-order valence-corrected chi connectivity index (χ4v) is 2.26. The zero-order valence-corrected chi connectivity index (χ0v) is 11.7. The maximum absolute atomic E-state index is 10.6. The van der Waals surface area contributed by atoms with Gasteiger partial charge in [-0.15, -0.1) is 0 Å². The Morgan fingerprint density at radius 1 is 1.43 bits per heavy atom. The smallest absolute Gasteiger partial charge is 0.397 e. The number of aliphatic imine (C=N–C) groups is 1. The van der Waals surface area contributed by atoms with E-state index in [2.05, 4.69) is 14.3 Å². The minimum Gasteiger partial charge on any atom is -0.397 e. The third-order valence-corrected chi connectivity index (χ3v) is 3.41. The molecule has 1 saturated heterocycles. The molecule has 3 rings (SSSR count). The van der Waals surface area contributed by atoms with E-state index in [9.17, 15) is 10.1 Å². The van der Waals surface area contributed by atoms with Gasteiger partial charge in [0.2, 0.25) is 11.0 Å². The molecular formula is C11H11N5O4S. The summed E-state index contributed by atoms with van der Waals surface area (Å²) in [6.07, 6.45) is 1.71. The standard InChI is InChI=1S/C11H11N5O4S/c17-16(18)9-2-1-8(20-9)10-13-11(21-14-10)12-7-15-3-5-19-6-4-15/h1-2,7H,3-6H2. The van der Waals surface area contributed by atoms with Gasteiger partial charge < -0.3 is 14.1 Å². The molecule has 2 aromatic heterocycles. The molecule has 3 heterocycles. The first kappa shape index (κ1) is 13.6. The Kier molecular flexibility index (Phi) is 3.88. The van der Waals surface area contributed by atoms with Crippen LogP contribution in [0, 0.1) is 10.1 Å². The minimum absolute atomic E-state index is 0.255. The van der Waals surface area contributed by atoms with E-state index >= 15 is 0 Å². The second-order valence-electron chi connectivity index (χ2n) is 4.19. The topological polar surface area (TPSA) is 107 Å². The summed E-state index contributed by atoms with van der Waals surface area (Å²) in [4.78, 5) is 20.4. The van der Waals surface area contributed by atoms with E-state index in [-0.39, 0.29) is 11.6 Å². The van der Waals surface area contributed by atoms with Crippen LogP contribution in [0.5, 0.6) is 0 Å². The number of nitro groups is 1. The number of morpholine rings is 1. The van der Waals surface area contributed by atoms with Crippen LogP contribution >= 0.6 is 11.5 Å². The number of nitrogens with zero attached hydrogens (tertiary/aromatic N) is 5. The molecule has 21 heavy (non-hydrogen) atoms. The van der Waals surface area contributed by atoms with Crippen molar-refractivity contribution in [3.63, 3.8) is 0 Å². The highest BCUT2D eigenvalue weighted by atomic mass is 32.1. The quantitative estimate of drug-likeness (QED) is 0.366. The van der Waals surface area contributed by atoms with Crippen LogP contribution in [0.1, 0.15) is 0 Å². The maximum Gasteiger partial charge on any atom is 0.433 e. The van der Waals surface area contributed by atoms with Crippen LogP contribution in [-0.2, 0) is 4.74 Å². The van der Waals surface area contributed by atoms with Crippen molar-refractivity contribution < 1.29 is 14.1 Å². The Morgan fingerprint density at radius 3 is 2.95 bits per heavy atom. The fraction of sp³-hybridized carbons (Fsp3) is 0.364. The van der Waals surface area contributed by atoms with Crippen molar-refractivity contribution in [3.05, 3.63) is 22.2 Å². The molecule has 0 radical (unpaired) electrons. The predicted octanol–water partition coefficient (Wildman–Crippen LogP) is 1.70. The number of hydrogen-bond donors (Lipinski definition) is 0. The molecule has 0 unspecified atom stereocenters. The van der Waals surface area contributed by atoms with E-state index < -0.39 is 4.92 Å². The summed E-state index contributed by atoms with van der Waals surface area (Å²) < 4.78 is 14.4. The molecule has 1 fully saturated rings. The van der Waals surface area contributed by atoms with Crippen molar-refractivity contribution >= 4 is 28.9 Å². The van der Waals surface area contributed by atoms with Gasteiger partial charge in [-0.25, -0.2) is 4.99 Å².